The van der Waals surface area contributed by atoms with Gasteiger partial charge >= 0.3 is 0 Å². The van der Waals surface area contributed by atoms with Crippen molar-refractivity contribution in [2.24, 2.45) is 17.6 Å². The van der Waals surface area contributed by atoms with Gasteiger partial charge in [-0.05, 0) is 31.9 Å². The Morgan fingerprint density at radius 1 is 1.24 bits per heavy atom. The standard InChI is InChI=1S/C18H27N3O3.ClH/c1-12(13(2)19)18(23)21-10-8-14(9-11-21)17(22)20-15-6-4-5-7-16(15)24-3;/h4-7,12-14H,8-11,19H2,1-3H3,(H,20,22);1H. The molecule has 6 nitrogen and oxygen atoms in total. The number of hydrogen-bond donors (Lipinski definition) is 2. The van der Waals surface area contributed by atoms with E-state index in [0.29, 0.717) is 37.4 Å². The maximum Gasteiger partial charge on any atom is 0.227 e. The van der Waals surface area contributed by atoms with E-state index in [-0.39, 0.29) is 42.1 Å². The van der Waals surface area contributed by atoms with Crippen molar-refractivity contribution in [1.82, 2.24) is 4.90 Å². The number of para-hydroxylation sites is 2. The molecule has 0 aromatic heterocycles. The molecule has 0 spiro atoms. The van der Waals surface area contributed by atoms with Gasteiger partial charge in [-0.15, -0.1) is 12.4 Å². The van der Waals surface area contributed by atoms with Crippen molar-refractivity contribution in [3.8, 4) is 5.75 Å². The van der Waals surface area contributed by atoms with Gasteiger partial charge in [-0.1, -0.05) is 19.1 Å². The summed E-state index contributed by atoms with van der Waals surface area (Å²) in [4.78, 5) is 26.6. The van der Waals surface area contributed by atoms with E-state index in [4.69, 9.17) is 10.5 Å². The fourth-order valence-corrected chi connectivity index (χ4v) is 2.86. The zero-order valence-electron chi connectivity index (χ0n) is 15.0. The molecule has 0 bridgehead atoms. The van der Waals surface area contributed by atoms with Gasteiger partial charge in [-0.3, -0.25) is 9.59 Å². The third-order valence-electron chi connectivity index (χ3n) is 4.72. The zero-order valence-corrected chi connectivity index (χ0v) is 15.8. The summed E-state index contributed by atoms with van der Waals surface area (Å²) in [5.41, 5.74) is 6.48. The number of piperidine rings is 1. The number of anilines is 1. The number of benzene rings is 1. The topological polar surface area (TPSA) is 84.7 Å². The monoisotopic (exact) mass is 369 g/mol. The normalized spacial score (nSPS) is 17.2. The van der Waals surface area contributed by atoms with Crippen molar-refractivity contribution in [3.63, 3.8) is 0 Å². The maximum absolute atomic E-state index is 12.5. The molecule has 0 radical (unpaired) electrons. The lowest BCUT2D eigenvalue weighted by molar-refractivity contribution is -0.138. The molecule has 1 aliphatic heterocycles. The fourth-order valence-electron chi connectivity index (χ4n) is 2.86. The molecule has 1 fully saturated rings. The van der Waals surface area contributed by atoms with Crippen molar-refractivity contribution >= 4 is 29.9 Å². The highest BCUT2D eigenvalue weighted by atomic mass is 35.5. The predicted octanol–water partition coefficient (Wildman–Crippen LogP) is 2.28. The van der Waals surface area contributed by atoms with Crippen molar-refractivity contribution in [2.45, 2.75) is 32.7 Å². The molecule has 2 atom stereocenters. The van der Waals surface area contributed by atoms with Gasteiger partial charge in [0, 0.05) is 25.0 Å². The first-order valence-electron chi connectivity index (χ1n) is 8.42. The predicted molar refractivity (Wildman–Crippen MR) is 101 cm³/mol. The molecule has 1 aromatic rings. The van der Waals surface area contributed by atoms with Crippen LogP contribution in [0.4, 0.5) is 5.69 Å². The van der Waals surface area contributed by atoms with Gasteiger partial charge in [0.15, 0.2) is 0 Å². The zero-order chi connectivity index (χ0) is 17.7. The lowest BCUT2D eigenvalue weighted by atomic mass is 9.94. The number of amides is 2. The highest BCUT2D eigenvalue weighted by Crippen LogP contribution is 2.26. The summed E-state index contributed by atoms with van der Waals surface area (Å²) in [5, 5.41) is 2.93. The number of nitrogens with one attached hydrogen (secondary N) is 1. The van der Waals surface area contributed by atoms with Crippen molar-refractivity contribution in [1.29, 1.82) is 0 Å². The van der Waals surface area contributed by atoms with E-state index in [1.807, 2.05) is 43.0 Å². The number of hydrogen-bond acceptors (Lipinski definition) is 4. The molecule has 1 saturated heterocycles. The first-order chi connectivity index (χ1) is 11.4. The first-order valence-corrected chi connectivity index (χ1v) is 8.42. The molecular weight excluding hydrogens is 342 g/mol. The molecule has 1 aliphatic rings. The lowest BCUT2D eigenvalue weighted by Gasteiger charge is -2.33. The van der Waals surface area contributed by atoms with Crippen LogP contribution >= 0.6 is 12.4 Å². The average molecular weight is 370 g/mol. The van der Waals surface area contributed by atoms with Crippen LogP contribution in [0.15, 0.2) is 24.3 Å². The Balaban J connectivity index is 0.00000312. The summed E-state index contributed by atoms with van der Waals surface area (Å²) in [6.45, 7) is 4.89. The molecule has 2 rings (SSSR count). The summed E-state index contributed by atoms with van der Waals surface area (Å²) >= 11 is 0. The smallest absolute Gasteiger partial charge is 0.227 e. The Kier molecular flexibility index (Phi) is 8.19. The number of ether oxygens (including phenoxy) is 1. The fraction of sp³-hybridized carbons (Fsp3) is 0.556. The van der Waals surface area contributed by atoms with Crippen molar-refractivity contribution in [3.05, 3.63) is 24.3 Å². The van der Waals surface area contributed by atoms with Crippen LogP contribution in [0.3, 0.4) is 0 Å². The van der Waals surface area contributed by atoms with E-state index in [9.17, 15) is 9.59 Å². The summed E-state index contributed by atoms with van der Waals surface area (Å²) in [7, 11) is 1.58. The highest BCUT2D eigenvalue weighted by molar-refractivity contribution is 5.94. The number of carbonyl (C=O) groups excluding carboxylic acids is 2. The van der Waals surface area contributed by atoms with E-state index < -0.39 is 0 Å². The van der Waals surface area contributed by atoms with Crippen LogP contribution in [0.2, 0.25) is 0 Å². The number of likely N-dealkylation sites (tertiary alicyclic amines) is 1. The Labute approximate surface area is 155 Å². The minimum absolute atomic E-state index is 0. The van der Waals surface area contributed by atoms with Gasteiger partial charge in [0.1, 0.15) is 5.75 Å². The third kappa shape index (κ3) is 5.34. The van der Waals surface area contributed by atoms with Crippen LogP contribution in [0, 0.1) is 11.8 Å². The second-order valence-electron chi connectivity index (χ2n) is 6.44. The second kappa shape index (κ2) is 9.63. The number of nitrogens with zero attached hydrogens (tertiary/aromatic N) is 1. The summed E-state index contributed by atoms with van der Waals surface area (Å²) in [6, 6.07) is 7.18. The van der Waals surface area contributed by atoms with E-state index in [0.717, 1.165) is 0 Å². The van der Waals surface area contributed by atoms with Crippen LogP contribution in [-0.4, -0.2) is 43.0 Å². The maximum atomic E-state index is 12.5. The van der Waals surface area contributed by atoms with E-state index in [1.54, 1.807) is 7.11 Å². The molecule has 0 saturated carbocycles. The quantitative estimate of drug-likeness (QED) is 0.833. The molecule has 3 N–H and O–H groups in total. The minimum Gasteiger partial charge on any atom is -0.495 e. The molecule has 140 valence electrons. The van der Waals surface area contributed by atoms with E-state index >= 15 is 0 Å². The van der Waals surface area contributed by atoms with Gasteiger partial charge in [0.25, 0.3) is 0 Å². The Bertz CT molecular complexity index is 587. The van der Waals surface area contributed by atoms with Gasteiger partial charge in [0.2, 0.25) is 11.8 Å². The summed E-state index contributed by atoms with van der Waals surface area (Å²) < 4.78 is 5.25. The van der Waals surface area contributed by atoms with E-state index in [2.05, 4.69) is 5.32 Å². The number of methoxy groups -OCH3 is 1. The van der Waals surface area contributed by atoms with Crippen LogP contribution in [0.1, 0.15) is 26.7 Å². The van der Waals surface area contributed by atoms with E-state index in [1.165, 1.54) is 0 Å². The minimum atomic E-state index is -0.191. The van der Waals surface area contributed by atoms with Crippen LogP contribution in [0.5, 0.6) is 5.75 Å². The van der Waals surface area contributed by atoms with Crippen molar-refractivity contribution < 1.29 is 14.3 Å². The Morgan fingerprint density at radius 2 is 1.84 bits per heavy atom. The molecule has 0 aliphatic carbocycles. The molecule has 1 heterocycles. The third-order valence-corrected chi connectivity index (χ3v) is 4.72. The molecule has 7 heteroatoms. The number of carbonyl (C=O) groups is 2. The largest absolute Gasteiger partial charge is 0.495 e. The average Bonchev–Trinajstić information content (AvgIpc) is 2.60. The number of halogens is 1. The van der Waals surface area contributed by atoms with Crippen LogP contribution in [0.25, 0.3) is 0 Å². The van der Waals surface area contributed by atoms with Crippen LogP contribution in [-0.2, 0) is 9.59 Å². The van der Waals surface area contributed by atoms with Gasteiger partial charge in [0.05, 0.1) is 18.7 Å². The van der Waals surface area contributed by atoms with Gasteiger partial charge < -0.3 is 20.7 Å². The van der Waals surface area contributed by atoms with Crippen molar-refractivity contribution in [2.75, 3.05) is 25.5 Å². The molecular formula is C18H28ClN3O3. The van der Waals surface area contributed by atoms with Crippen LogP contribution < -0.4 is 15.8 Å². The number of nitrogens with two attached hydrogens (primary N) is 1. The summed E-state index contributed by atoms with van der Waals surface area (Å²) in [6.07, 6.45) is 1.33. The second-order valence-corrected chi connectivity index (χ2v) is 6.44. The summed E-state index contributed by atoms with van der Waals surface area (Å²) in [5.74, 6) is 0.415. The molecule has 1 aromatic carbocycles. The van der Waals surface area contributed by atoms with Gasteiger partial charge in [-0.2, -0.15) is 0 Å². The first kappa shape index (κ1) is 21.3. The Morgan fingerprint density at radius 3 is 2.40 bits per heavy atom. The van der Waals surface area contributed by atoms with Gasteiger partial charge in [-0.25, -0.2) is 0 Å². The SMILES string of the molecule is COc1ccccc1NC(=O)C1CCN(C(=O)C(C)C(C)N)CC1.Cl. The molecule has 2 amide bonds. The number of rotatable bonds is 5. The lowest BCUT2D eigenvalue weighted by Crippen LogP contribution is -2.46. The molecule has 25 heavy (non-hydrogen) atoms. The Hall–Kier alpha value is -1.79. The highest BCUT2D eigenvalue weighted by Gasteiger charge is 2.30. The molecule has 2 unspecified atom stereocenters.